The summed E-state index contributed by atoms with van der Waals surface area (Å²) in [7, 11) is 1.59. The molecule has 166 valence electrons. The molecule has 33 heavy (non-hydrogen) atoms. The number of non-ortho nitro benzene ring substituents is 1. The number of carbonyl (C=O) groups excluding carboxylic acids is 1. The van der Waals surface area contributed by atoms with Gasteiger partial charge in [0.15, 0.2) is 0 Å². The van der Waals surface area contributed by atoms with E-state index >= 15 is 0 Å². The van der Waals surface area contributed by atoms with E-state index in [9.17, 15) is 14.9 Å². The third kappa shape index (κ3) is 4.73. The molecule has 0 radical (unpaired) electrons. The molecule has 0 atom stereocenters. The second-order valence-electron chi connectivity index (χ2n) is 7.34. The van der Waals surface area contributed by atoms with Gasteiger partial charge in [0.05, 0.1) is 28.5 Å². The Morgan fingerprint density at radius 2 is 1.85 bits per heavy atom. The third-order valence-electron chi connectivity index (χ3n) is 5.14. The number of hydrazone groups is 1. The van der Waals surface area contributed by atoms with Crippen LogP contribution in [0.3, 0.4) is 0 Å². The molecule has 0 aliphatic heterocycles. The topological polar surface area (TPSA) is 97.9 Å². The zero-order valence-electron chi connectivity index (χ0n) is 18.2. The Morgan fingerprint density at radius 1 is 1.09 bits per heavy atom. The number of hydrogen-bond acceptors (Lipinski definition) is 7. The highest BCUT2D eigenvalue weighted by molar-refractivity contribution is 7.22. The van der Waals surface area contributed by atoms with Gasteiger partial charge < -0.3 is 4.74 Å². The number of carbonyl (C=O) groups is 1. The molecule has 0 aliphatic rings. The molecule has 0 aliphatic carbocycles. The molecular formula is C24H20N4O4S. The molecule has 0 fully saturated rings. The predicted molar refractivity (Wildman–Crippen MR) is 130 cm³/mol. The largest absolute Gasteiger partial charge is 0.497 e. The first-order valence-electron chi connectivity index (χ1n) is 10.0. The van der Waals surface area contributed by atoms with Crippen LogP contribution in [0.4, 0.5) is 10.8 Å². The Balaban J connectivity index is 1.75. The quantitative estimate of drug-likeness (QED) is 0.215. The van der Waals surface area contributed by atoms with E-state index in [2.05, 4.69) is 10.1 Å². The molecule has 0 bridgehead atoms. The first kappa shape index (κ1) is 22.1. The SMILES string of the molecule is COc1ccc2nc(N(/N=C/c3ccc([N+](=O)[O-])cc3)C(=O)c3ccc(C)c(C)c3)sc2c1. The lowest BCUT2D eigenvalue weighted by atomic mass is 10.1. The highest BCUT2D eigenvalue weighted by Gasteiger charge is 2.21. The van der Waals surface area contributed by atoms with Gasteiger partial charge in [0, 0.05) is 17.7 Å². The molecule has 0 unspecified atom stereocenters. The molecule has 8 nitrogen and oxygen atoms in total. The van der Waals surface area contributed by atoms with Crippen LogP contribution in [0.5, 0.6) is 5.75 Å². The fraction of sp³-hybridized carbons (Fsp3) is 0.125. The summed E-state index contributed by atoms with van der Waals surface area (Å²) in [6, 6.07) is 16.9. The van der Waals surface area contributed by atoms with Crippen LogP contribution in [-0.4, -0.2) is 29.1 Å². The average Bonchev–Trinajstić information content (AvgIpc) is 3.24. The molecule has 0 saturated carbocycles. The summed E-state index contributed by atoms with van der Waals surface area (Å²) in [5.74, 6) is 0.362. The lowest BCUT2D eigenvalue weighted by Crippen LogP contribution is -2.25. The van der Waals surface area contributed by atoms with Crippen molar-refractivity contribution in [3.63, 3.8) is 0 Å². The van der Waals surface area contributed by atoms with Crippen LogP contribution in [0.15, 0.2) is 65.8 Å². The number of amides is 1. The van der Waals surface area contributed by atoms with E-state index in [0.717, 1.165) is 21.3 Å². The highest BCUT2D eigenvalue weighted by atomic mass is 32.1. The van der Waals surface area contributed by atoms with Gasteiger partial charge in [0.1, 0.15) is 5.75 Å². The summed E-state index contributed by atoms with van der Waals surface area (Å²) in [6.07, 6.45) is 1.48. The van der Waals surface area contributed by atoms with Crippen molar-refractivity contribution in [1.82, 2.24) is 4.98 Å². The number of nitrogens with zero attached hydrogens (tertiary/aromatic N) is 4. The van der Waals surface area contributed by atoms with Crippen LogP contribution in [0.25, 0.3) is 10.2 Å². The summed E-state index contributed by atoms with van der Waals surface area (Å²) in [5, 5.41) is 17.0. The van der Waals surface area contributed by atoms with Gasteiger partial charge in [-0.3, -0.25) is 14.9 Å². The van der Waals surface area contributed by atoms with Gasteiger partial charge >= 0.3 is 0 Å². The number of anilines is 1. The van der Waals surface area contributed by atoms with E-state index in [-0.39, 0.29) is 11.6 Å². The smallest absolute Gasteiger partial charge is 0.280 e. The number of aromatic nitrogens is 1. The zero-order chi connectivity index (χ0) is 23.5. The Morgan fingerprint density at radius 3 is 2.52 bits per heavy atom. The molecule has 0 spiro atoms. The number of ether oxygens (including phenoxy) is 1. The number of methoxy groups -OCH3 is 1. The van der Waals surface area contributed by atoms with Gasteiger partial charge in [-0.2, -0.15) is 10.1 Å². The van der Waals surface area contributed by atoms with E-state index in [1.165, 1.54) is 34.7 Å². The Kier molecular flexibility index (Phi) is 6.14. The minimum absolute atomic E-state index is 0.0182. The molecule has 1 heterocycles. The maximum Gasteiger partial charge on any atom is 0.280 e. The molecule has 1 amide bonds. The molecule has 4 rings (SSSR count). The lowest BCUT2D eigenvalue weighted by Gasteiger charge is -2.14. The number of fused-ring (bicyclic) bond motifs is 1. The normalized spacial score (nSPS) is 11.1. The predicted octanol–water partition coefficient (Wildman–Crippen LogP) is 5.51. The van der Waals surface area contributed by atoms with Gasteiger partial charge in [-0.1, -0.05) is 17.4 Å². The number of thiazole rings is 1. The first-order chi connectivity index (χ1) is 15.9. The molecular weight excluding hydrogens is 440 g/mol. The van der Waals surface area contributed by atoms with Crippen LogP contribution in [-0.2, 0) is 0 Å². The number of nitro groups is 1. The van der Waals surface area contributed by atoms with Crippen molar-refractivity contribution in [1.29, 1.82) is 0 Å². The van der Waals surface area contributed by atoms with Crippen molar-refractivity contribution >= 4 is 44.5 Å². The van der Waals surface area contributed by atoms with E-state index in [1.807, 2.05) is 44.2 Å². The van der Waals surface area contributed by atoms with E-state index in [1.54, 1.807) is 25.3 Å². The number of aryl methyl sites for hydroxylation is 2. The number of hydrogen-bond donors (Lipinski definition) is 0. The molecule has 0 saturated heterocycles. The fourth-order valence-electron chi connectivity index (χ4n) is 3.10. The van der Waals surface area contributed by atoms with Crippen molar-refractivity contribution < 1.29 is 14.5 Å². The monoisotopic (exact) mass is 460 g/mol. The first-order valence-corrected chi connectivity index (χ1v) is 10.8. The summed E-state index contributed by atoms with van der Waals surface area (Å²) in [4.78, 5) is 28.5. The zero-order valence-corrected chi connectivity index (χ0v) is 19.0. The maximum atomic E-state index is 13.4. The summed E-state index contributed by atoms with van der Waals surface area (Å²) < 4.78 is 6.14. The van der Waals surface area contributed by atoms with Crippen molar-refractivity contribution in [3.05, 3.63) is 93.0 Å². The van der Waals surface area contributed by atoms with Crippen LogP contribution >= 0.6 is 11.3 Å². The van der Waals surface area contributed by atoms with Gasteiger partial charge in [0.25, 0.3) is 11.6 Å². The lowest BCUT2D eigenvalue weighted by molar-refractivity contribution is -0.384. The fourth-order valence-corrected chi connectivity index (χ4v) is 4.05. The number of nitro benzene ring substituents is 1. The van der Waals surface area contributed by atoms with E-state index in [0.29, 0.717) is 22.0 Å². The van der Waals surface area contributed by atoms with Crippen molar-refractivity contribution in [3.8, 4) is 5.75 Å². The van der Waals surface area contributed by atoms with E-state index in [4.69, 9.17) is 4.74 Å². The van der Waals surface area contributed by atoms with Gasteiger partial charge in [0.2, 0.25) is 5.13 Å². The van der Waals surface area contributed by atoms with Gasteiger partial charge in [-0.15, -0.1) is 0 Å². The Labute approximate surface area is 193 Å². The average molecular weight is 461 g/mol. The van der Waals surface area contributed by atoms with Crippen molar-refractivity contribution in [2.75, 3.05) is 12.1 Å². The standard InChI is InChI=1S/C24H20N4O4S/c1-15-4-7-18(12-16(15)2)23(29)27(25-14-17-5-8-19(9-6-17)28(30)31)24-26-21-11-10-20(32-3)13-22(21)33-24/h4-14H,1-3H3/b25-14+. The Bertz CT molecular complexity index is 1380. The molecule has 1 aromatic heterocycles. The summed E-state index contributed by atoms with van der Waals surface area (Å²) in [5.41, 5.74) is 3.88. The van der Waals surface area contributed by atoms with Crippen LogP contribution < -0.4 is 9.75 Å². The minimum atomic E-state index is -0.466. The van der Waals surface area contributed by atoms with Crippen LogP contribution in [0, 0.1) is 24.0 Å². The third-order valence-corrected chi connectivity index (χ3v) is 6.13. The number of rotatable bonds is 6. The molecule has 3 aromatic carbocycles. The van der Waals surface area contributed by atoms with Gasteiger partial charge in [-0.05, 0) is 73.0 Å². The van der Waals surface area contributed by atoms with E-state index < -0.39 is 4.92 Å². The second kappa shape index (κ2) is 9.17. The molecule has 4 aromatic rings. The van der Waals surface area contributed by atoms with Crippen molar-refractivity contribution in [2.24, 2.45) is 5.10 Å². The summed E-state index contributed by atoms with van der Waals surface area (Å²) >= 11 is 1.32. The highest BCUT2D eigenvalue weighted by Crippen LogP contribution is 2.32. The molecule has 9 heteroatoms. The summed E-state index contributed by atoms with van der Waals surface area (Å²) in [6.45, 7) is 3.93. The second-order valence-corrected chi connectivity index (χ2v) is 8.35. The minimum Gasteiger partial charge on any atom is -0.497 e. The number of benzene rings is 3. The van der Waals surface area contributed by atoms with Crippen LogP contribution in [0.2, 0.25) is 0 Å². The Hall–Kier alpha value is -4.11. The van der Waals surface area contributed by atoms with Crippen molar-refractivity contribution in [2.45, 2.75) is 13.8 Å². The van der Waals surface area contributed by atoms with Crippen LogP contribution in [0.1, 0.15) is 27.0 Å². The molecule has 0 N–H and O–H groups in total. The van der Waals surface area contributed by atoms with Gasteiger partial charge in [-0.25, -0.2) is 4.98 Å². The maximum absolute atomic E-state index is 13.4.